The van der Waals surface area contributed by atoms with Crippen LogP contribution in [0.3, 0.4) is 0 Å². The fourth-order valence-corrected chi connectivity index (χ4v) is 2.17. The minimum atomic E-state index is 0.850. The monoisotopic (exact) mass is 322 g/mol. The summed E-state index contributed by atoms with van der Waals surface area (Å²) in [6.07, 6.45) is 7.12. The summed E-state index contributed by atoms with van der Waals surface area (Å²) in [5.74, 6) is 0.850. The number of fused-ring (bicyclic) bond motifs is 1. The summed E-state index contributed by atoms with van der Waals surface area (Å²) < 4.78 is 6.83. The van der Waals surface area contributed by atoms with Crippen molar-refractivity contribution < 1.29 is 4.42 Å². The first-order valence-electron chi connectivity index (χ1n) is 4.78. The van der Waals surface area contributed by atoms with Crippen molar-refractivity contribution in [2.75, 3.05) is 0 Å². The van der Waals surface area contributed by atoms with Gasteiger partial charge in [-0.15, -0.1) is 0 Å². The molecule has 0 saturated carbocycles. The van der Waals surface area contributed by atoms with E-state index in [-0.39, 0.29) is 0 Å². The molecule has 4 heteroatoms. The number of pyridine rings is 2. The van der Waals surface area contributed by atoms with Crippen LogP contribution in [0.5, 0.6) is 0 Å². The van der Waals surface area contributed by atoms with Crippen LogP contribution in [0.15, 0.2) is 47.4 Å². The Morgan fingerprint density at radius 2 is 1.88 bits per heavy atom. The van der Waals surface area contributed by atoms with Crippen molar-refractivity contribution in [1.29, 1.82) is 0 Å². The number of nitrogens with zero attached hydrogens (tertiary/aromatic N) is 2. The average molecular weight is 322 g/mol. The van der Waals surface area contributed by atoms with Crippen LogP contribution in [0.1, 0.15) is 0 Å². The Kier molecular flexibility index (Phi) is 2.36. The van der Waals surface area contributed by atoms with E-state index in [0.717, 1.165) is 25.9 Å². The summed E-state index contributed by atoms with van der Waals surface area (Å²) in [5, 5.41) is 1.03. The first-order chi connectivity index (χ1) is 7.84. The van der Waals surface area contributed by atoms with Crippen molar-refractivity contribution in [3.8, 4) is 11.3 Å². The minimum absolute atomic E-state index is 0.850. The molecule has 0 aliphatic rings. The van der Waals surface area contributed by atoms with E-state index in [4.69, 9.17) is 4.42 Å². The maximum Gasteiger partial charge on any atom is 0.151 e. The maximum atomic E-state index is 5.81. The smallest absolute Gasteiger partial charge is 0.151 e. The first kappa shape index (κ1) is 9.77. The van der Waals surface area contributed by atoms with Gasteiger partial charge in [0, 0.05) is 35.7 Å². The van der Waals surface area contributed by atoms with Gasteiger partial charge in [0.2, 0.25) is 0 Å². The van der Waals surface area contributed by atoms with Crippen molar-refractivity contribution in [2.45, 2.75) is 0 Å². The second-order valence-electron chi connectivity index (χ2n) is 3.39. The summed E-state index contributed by atoms with van der Waals surface area (Å²) in [6.45, 7) is 0. The predicted molar refractivity (Wildman–Crippen MR) is 70.0 cm³/mol. The molecular formula is C12H7IN2O. The van der Waals surface area contributed by atoms with Crippen molar-refractivity contribution in [3.05, 3.63) is 46.6 Å². The molecule has 0 fully saturated rings. The molecule has 78 valence electrons. The third kappa shape index (κ3) is 1.59. The van der Waals surface area contributed by atoms with Gasteiger partial charge in [-0.1, -0.05) is 0 Å². The van der Waals surface area contributed by atoms with Crippen LogP contribution in [0, 0.1) is 3.57 Å². The fraction of sp³-hybridized carbons (Fsp3) is 0. The quantitative estimate of drug-likeness (QED) is 0.644. The summed E-state index contributed by atoms with van der Waals surface area (Å²) in [5.41, 5.74) is 1.92. The molecule has 0 amide bonds. The Bertz CT molecular complexity index is 634. The predicted octanol–water partition coefficient (Wildman–Crippen LogP) is 3.49. The number of furan rings is 1. The van der Waals surface area contributed by atoms with Crippen LogP contribution in [0.25, 0.3) is 22.3 Å². The van der Waals surface area contributed by atoms with Gasteiger partial charge in [-0.25, -0.2) is 0 Å². The van der Waals surface area contributed by atoms with Gasteiger partial charge in [0.05, 0.1) is 3.57 Å². The molecule has 0 aliphatic heterocycles. The van der Waals surface area contributed by atoms with Crippen molar-refractivity contribution >= 4 is 33.6 Å². The standard InChI is InChI=1S/C12H7IN2O/c13-10-7-15-6-9-5-11(16-12(9)10)8-1-3-14-4-2-8/h1-7H. The lowest BCUT2D eigenvalue weighted by molar-refractivity contribution is 0.629. The molecule has 0 bridgehead atoms. The second kappa shape index (κ2) is 3.86. The minimum Gasteiger partial charge on any atom is -0.455 e. The number of hydrogen-bond acceptors (Lipinski definition) is 3. The van der Waals surface area contributed by atoms with E-state index in [9.17, 15) is 0 Å². The molecule has 3 aromatic heterocycles. The second-order valence-corrected chi connectivity index (χ2v) is 4.55. The van der Waals surface area contributed by atoms with Gasteiger partial charge >= 0.3 is 0 Å². The van der Waals surface area contributed by atoms with Gasteiger partial charge in [-0.3, -0.25) is 9.97 Å². The molecule has 0 unspecified atom stereocenters. The zero-order chi connectivity index (χ0) is 11.0. The van der Waals surface area contributed by atoms with Crippen LogP contribution in [0.2, 0.25) is 0 Å². The Morgan fingerprint density at radius 3 is 2.62 bits per heavy atom. The van der Waals surface area contributed by atoms with Crippen LogP contribution >= 0.6 is 22.6 Å². The molecule has 3 rings (SSSR count). The van der Waals surface area contributed by atoms with Crippen molar-refractivity contribution in [2.24, 2.45) is 0 Å². The van der Waals surface area contributed by atoms with Gasteiger partial charge in [-0.05, 0) is 40.8 Å². The molecule has 0 atom stereocenters. The highest BCUT2D eigenvalue weighted by molar-refractivity contribution is 14.1. The summed E-state index contributed by atoms with van der Waals surface area (Å²) in [7, 11) is 0. The third-order valence-electron chi connectivity index (χ3n) is 2.34. The lowest BCUT2D eigenvalue weighted by Crippen LogP contribution is -1.74. The molecule has 0 radical (unpaired) electrons. The lowest BCUT2D eigenvalue weighted by Gasteiger charge is -1.93. The Hall–Kier alpha value is -1.43. The highest BCUT2D eigenvalue weighted by Crippen LogP contribution is 2.29. The lowest BCUT2D eigenvalue weighted by atomic mass is 10.2. The maximum absolute atomic E-state index is 5.81. The molecule has 0 aliphatic carbocycles. The van der Waals surface area contributed by atoms with Crippen LogP contribution in [0.4, 0.5) is 0 Å². The number of rotatable bonds is 1. The van der Waals surface area contributed by atoms with Gasteiger partial charge in [0.25, 0.3) is 0 Å². The molecule has 3 heterocycles. The van der Waals surface area contributed by atoms with Crippen LogP contribution in [-0.4, -0.2) is 9.97 Å². The van der Waals surface area contributed by atoms with E-state index in [2.05, 4.69) is 32.6 Å². The Morgan fingerprint density at radius 1 is 1.06 bits per heavy atom. The van der Waals surface area contributed by atoms with E-state index in [1.54, 1.807) is 18.6 Å². The summed E-state index contributed by atoms with van der Waals surface area (Å²) >= 11 is 2.22. The molecule has 3 aromatic rings. The van der Waals surface area contributed by atoms with E-state index in [0.29, 0.717) is 0 Å². The SMILES string of the molecule is Ic1cncc2cc(-c3ccncc3)oc12. The number of hydrogen-bond donors (Lipinski definition) is 0. The molecule has 3 nitrogen and oxygen atoms in total. The van der Waals surface area contributed by atoms with Gasteiger partial charge in [0.15, 0.2) is 5.58 Å². The zero-order valence-corrected chi connectivity index (χ0v) is 10.4. The van der Waals surface area contributed by atoms with Gasteiger partial charge in [-0.2, -0.15) is 0 Å². The molecule has 0 spiro atoms. The molecule has 0 aromatic carbocycles. The zero-order valence-electron chi connectivity index (χ0n) is 8.22. The van der Waals surface area contributed by atoms with Crippen LogP contribution in [-0.2, 0) is 0 Å². The van der Waals surface area contributed by atoms with Crippen molar-refractivity contribution in [3.63, 3.8) is 0 Å². The average Bonchev–Trinajstić information content (AvgIpc) is 2.76. The van der Waals surface area contributed by atoms with E-state index in [1.165, 1.54) is 0 Å². The van der Waals surface area contributed by atoms with Crippen molar-refractivity contribution in [1.82, 2.24) is 9.97 Å². The van der Waals surface area contributed by atoms with Gasteiger partial charge in [0.1, 0.15) is 5.76 Å². The summed E-state index contributed by atoms with van der Waals surface area (Å²) in [4.78, 5) is 8.13. The van der Waals surface area contributed by atoms with Gasteiger partial charge < -0.3 is 4.42 Å². The molecular weight excluding hydrogens is 315 g/mol. The summed E-state index contributed by atoms with van der Waals surface area (Å²) in [6, 6.07) is 5.86. The molecule has 16 heavy (non-hydrogen) atoms. The fourth-order valence-electron chi connectivity index (χ4n) is 1.59. The Labute approximate surface area is 106 Å². The van der Waals surface area contributed by atoms with E-state index >= 15 is 0 Å². The number of halogens is 1. The van der Waals surface area contributed by atoms with E-state index < -0.39 is 0 Å². The Balaban J connectivity index is 2.23. The number of aromatic nitrogens is 2. The van der Waals surface area contributed by atoms with E-state index in [1.807, 2.05) is 24.4 Å². The molecule has 0 N–H and O–H groups in total. The topological polar surface area (TPSA) is 38.9 Å². The molecule has 0 saturated heterocycles. The third-order valence-corrected chi connectivity index (χ3v) is 3.11. The normalized spacial score (nSPS) is 10.8. The highest BCUT2D eigenvalue weighted by atomic mass is 127. The highest BCUT2D eigenvalue weighted by Gasteiger charge is 2.08. The first-order valence-corrected chi connectivity index (χ1v) is 5.86. The largest absolute Gasteiger partial charge is 0.455 e. The van der Waals surface area contributed by atoms with Crippen LogP contribution < -0.4 is 0 Å².